The van der Waals surface area contributed by atoms with E-state index in [1.54, 1.807) is 0 Å². The fourth-order valence-electron chi connectivity index (χ4n) is 2.13. The average Bonchev–Trinajstić information content (AvgIpc) is 2.29. The molecule has 3 aromatic rings. The molecule has 0 spiro atoms. The quantitative estimate of drug-likeness (QED) is 0.383. The van der Waals surface area contributed by atoms with E-state index in [2.05, 4.69) is 66.2 Å². The van der Waals surface area contributed by atoms with Gasteiger partial charge in [-0.1, -0.05) is 18.2 Å². The number of benzene rings is 1. The van der Waals surface area contributed by atoms with Gasteiger partial charge in [0.2, 0.25) is 5.52 Å². The van der Waals surface area contributed by atoms with Crippen molar-refractivity contribution in [1.29, 1.82) is 0 Å². The van der Waals surface area contributed by atoms with Crippen molar-refractivity contribution >= 4 is 16.3 Å². The Morgan fingerprint density at radius 3 is 2.67 bits per heavy atom. The van der Waals surface area contributed by atoms with Crippen molar-refractivity contribution in [1.82, 2.24) is 0 Å². The van der Waals surface area contributed by atoms with Crippen molar-refractivity contribution in [3.63, 3.8) is 0 Å². The van der Waals surface area contributed by atoms with Gasteiger partial charge in [-0.05, 0) is 24.4 Å². The number of hydrogen-bond donors (Lipinski definition) is 0. The topological polar surface area (TPSA) is 4.10 Å². The molecule has 0 amide bonds. The average molecular weight is 194 g/mol. The van der Waals surface area contributed by atoms with E-state index < -0.39 is 0 Å². The zero-order chi connectivity index (χ0) is 10.3. The van der Waals surface area contributed by atoms with Gasteiger partial charge >= 0.3 is 0 Å². The molecule has 1 nitrogen and oxygen atoms in total. The molecule has 0 bridgehead atoms. The lowest BCUT2D eigenvalue weighted by molar-refractivity contribution is -0.511. The molecule has 0 unspecified atom stereocenters. The van der Waals surface area contributed by atoms with E-state index in [1.165, 1.54) is 21.9 Å². The van der Waals surface area contributed by atoms with Crippen molar-refractivity contribution in [2.75, 3.05) is 0 Å². The maximum Gasteiger partial charge on any atom is 0.221 e. The van der Waals surface area contributed by atoms with Gasteiger partial charge in [-0.25, -0.2) is 0 Å². The summed E-state index contributed by atoms with van der Waals surface area (Å²) in [7, 11) is 0. The Labute approximate surface area is 88.6 Å². The molecular formula is C14H12N+. The summed E-state index contributed by atoms with van der Waals surface area (Å²) in [6.45, 7) is 2.15. The zero-order valence-electron chi connectivity index (χ0n) is 8.64. The summed E-state index contributed by atoms with van der Waals surface area (Å²) in [6.07, 6.45) is 4.21. The molecule has 0 aliphatic heterocycles. The molecule has 2 aromatic heterocycles. The summed E-state index contributed by atoms with van der Waals surface area (Å²) in [5.41, 5.74) is 2.62. The first-order chi connectivity index (χ1) is 7.36. The third-order valence-corrected chi connectivity index (χ3v) is 2.86. The highest BCUT2D eigenvalue weighted by atomic mass is 14.8. The molecule has 0 radical (unpaired) electrons. The van der Waals surface area contributed by atoms with E-state index in [9.17, 15) is 0 Å². The lowest BCUT2D eigenvalue weighted by Gasteiger charge is -1.99. The first kappa shape index (κ1) is 8.42. The van der Waals surface area contributed by atoms with Crippen LogP contribution in [0.15, 0.2) is 54.9 Å². The van der Waals surface area contributed by atoms with Gasteiger partial charge in [-0.3, -0.25) is 0 Å². The predicted molar refractivity (Wildman–Crippen MR) is 61.8 cm³/mol. The molecule has 1 aromatic carbocycles. The summed E-state index contributed by atoms with van der Waals surface area (Å²) in [4.78, 5) is 0. The molecule has 2 heterocycles. The Bertz CT molecular complexity index is 641. The second-order valence-corrected chi connectivity index (χ2v) is 3.85. The van der Waals surface area contributed by atoms with Crippen LogP contribution in [0.3, 0.4) is 0 Å². The van der Waals surface area contributed by atoms with Crippen LogP contribution in [0.25, 0.3) is 16.3 Å². The van der Waals surface area contributed by atoms with Gasteiger partial charge in [0, 0.05) is 17.7 Å². The van der Waals surface area contributed by atoms with Gasteiger partial charge in [0.15, 0.2) is 12.4 Å². The van der Waals surface area contributed by atoms with Crippen molar-refractivity contribution in [2.24, 2.45) is 0 Å². The summed E-state index contributed by atoms with van der Waals surface area (Å²) < 4.78 is 2.18. The highest BCUT2D eigenvalue weighted by molar-refractivity contribution is 5.94. The first-order valence-electron chi connectivity index (χ1n) is 5.14. The van der Waals surface area contributed by atoms with Crippen molar-refractivity contribution in [3.8, 4) is 0 Å². The van der Waals surface area contributed by atoms with E-state index in [4.69, 9.17) is 0 Å². The van der Waals surface area contributed by atoms with Crippen LogP contribution >= 0.6 is 0 Å². The molecule has 3 rings (SSSR count). The lowest BCUT2D eigenvalue weighted by Crippen LogP contribution is -2.21. The second kappa shape index (κ2) is 3.06. The van der Waals surface area contributed by atoms with E-state index in [0.717, 1.165) is 0 Å². The Morgan fingerprint density at radius 2 is 1.73 bits per heavy atom. The Hall–Kier alpha value is -1.89. The van der Waals surface area contributed by atoms with Gasteiger partial charge < -0.3 is 0 Å². The normalized spacial score (nSPS) is 11.0. The van der Waals surface area contributed by atoms with Crippen LogP contribution in [0.2, 0.25) is 0 Å². The largest absolute Gasteiger partial charge is 0.221 e. The number of hydrogen-bond acceptors (Lipinski definition) is 0. The van der Waals surface area contributed by atoms with E-state index in [1.807, 2.05) is 0 Å². The van der Waals surface area contributed by atoms with Crippen LogP contribution in [-0.4, -0.2) is 0 Å². The van der Waals surface area contributed by atoms with E-state index in [-0.39, 0.29) is 0 Å². The SMILES string of the molecule is Cc1ccc[n+]2ccc3ccccc3c12. The molecule has 15 heavy (non-hydrogen) atoms. The number of rotatable bonds is 0. The maximum absolute atomic E-state index is 2.18. The van der Waals surface area contributed by atoms with Crippen LogP contribution in [0, 0.1) is 6.92 Å². The lowest BCUT2D eigenvalue weighted by atomic mass is 10.1. The number of fused-ring (bicyclic) bond motifs is 3. The molecule has 0 atom stereocenters. The van der Waals surface area contributed by atoms with Gasteiger partial charge in [0.05, 0.1) is 5.39 Å². The molecule has 0 aliphatic rings. The molecule has 72 valence electrons. The third kappa shape index (κ3) is 1.20. The van der Waals surface area contributed by atoms with Crippen molar-refractivity contribution in [3.05, 3.63) is 60.4 Å². The van der Waals surface area contributed by atoms with Gasteiger partial charge in [-0.15, -0.1) is 0 Å². The number of aryl methyl sites for hydroxylation is 1. The van der Waals surface area contributed by atoms with Crippen molar-refractivity contribution in [2.45, 2.75) is 6.92 Å². The minimum Gasteiger partial charge on any atom is -0.166 e. The van der Waals surface area contributed by atoms with Crippen LogP contribution < -0.4 is 4.40 Å². The van der Waals surface area contributed by atoms with Crippen molar-refractivity contribution < 1.29 is 4.40 Å². The van der Waals surface area contributed by atoms with Gasteiger partial charge in [0.25, 0.3) is 0 Å². The molecule has 0 saturated heterocycles. The van der Waals surface area contributed by atoms with Gasteiger partial charge in [0.1, 0.15) is 0 Å². The monoisotopic (exact) mass is 194 g/mol. The predicted octanol–water partition coefficient (Wildman–Crippen LogP) is 2.89. The van der Waals surface area contributed by atoms with E-state index in [0.29, 0.717) is 0 Å². The molecule has 1 heteroatoms. The summed E-state index contributed by atoms with van der Waals surface area (Å²) in [5, 5.41) is 2.62. The molecule has 0 saturated carbocycles. The maximum atomic E-state index is 2.18. The first-order valence-corrected chi connectivity index (χ1v) is 5.14. The summed E-state index contributed by atoms with van der Waals surface area (Å²) in [6, 6.07) is 14.9. The smallest absolute Gasteiger partial charge is 0.166 e. The zero-order valence-corrected chi connectivity index (χ0v) is 8.64. The van der Waals surface area contributed by atoms with Crippen LogP contribution in [0.1, 0.15) is 5.56 Å². The summed E-state index contributed by atoms with van der Waals surface area (Å²) in [5.74, 6) is 0. The van der Waals surface area contributed by atoms with E-state index >= 15 is 0 Å². The molecular weight excluding hydrogens is 182 g/mol. The molecule has 0 fully saturated rings. The fraction of sp³-hybridized carbons (Fsp3) is 0.0714. The fourth-order valence-corrected chi connectivity index (χ4v) is 2.13. The van der Waals surface area contributed by atoms with Crippen LogP contribution in [0.5, 0.6) is 0 Å². The molecule has 0 aliphatic carbocycles. The third-order valence-electron chi connectivity index (χ3n) is 2.86. The Morgan fingerprint density at radius 1 is 0.867 bits per heavy atom. The van der Waals surface area contributed by atoms with Crippen LogP contribution in [0.4, 0.5) is 0 Å². The second-order valence-electron chi connectivity index (χ2n) is 3.85. The minimum absolute atomic E-state index is 1.30. The van der Waals surface area contributed by atoms with Gasteiger partial charge in [-0.2, -0.15) is 4.40 Å². The Balaban J connectivity index is 2.64. The standard InChI is InChI=1S/C14H12N/c1-11-5-4-9-15-10-8-12-6-2-3-7-13(12)14(11)15/h2-10H,1H3/q+1. The highest BCUT2D eigenvalue weighted by Gasteiger charge is 2.08. The Kier molecular flexibility index (Phi) is 1.72. The number of pyridine rings is 2. The number of nitrogens with zero attached hydrogens (tertiary/aromatic N) is 1. The summed E-state index contributed by atoms with van der Waals surface area (Å²) >= 11 is 0. The number of aromatic nitrogens is 1. The molecule has 0 N–H and O–H groups in total. The minimum atomic E-state index is 1.30. The van der Waals surface area contributed by atoms with Crippen LogP contribution in [-0.2, 0) is 0 Å². The highest BCUT2D eigenvalue weighted by Crippen LogP contribution is 2.18.